The number of nitrogens with one attached hydrogen (secondary N) is 1. The van der Waals surface area contributed by atoms with Gasteiger partial charge in [-0.2, -0.15) is 4.72 Å². The summed E-state index contributed by atoms with van der Waals surface area (Å²) in [5.74, 6) is 0.919. The Morgan fingerprint density at radius 2 is 1.79 bits per heavy atom. The molecule has 2 aromatic carbocycles. The van der Waals surface area contributed by atoms with Gasteiger partial charge in [0.25, 0.3) is 0 Å². The van der Waals surface area contributed by atoms with Crippen LogP contribution >= 0.6 is 11.6 Å². The monoisotopic (exact) mass is 492 g/mol. The number of hydrogen-bond donors (Lipinski definition) is 1. The first kappa shape index (κ1) is 24.8. The summed E-state index contributed by atoms with van der Waals surface area (Å²) in [4.78, 5) is 17.8. The quantitative estimate of drug-likeness (QED) is 0.336. The van der Waals surface area contributed by atoms with E-state index in [4.69, 9.17) is 25.8 Å². The summed E-state index contributed by atoms with van der Waals surface area (Å²) < 4.78 is 43.6. The van der Waals surface area contributed by atoms with Gasteiger partial charge in [0.15, 0.2) is 17.3 Å². The number of ether oxygens (including phenoxy) is 3. The van der Waals surface area contributed by atoms with Gasteiger partial charge in [0.1, 0.15) is 17.0 Å². The summed E-state index contributed by atoms with van der Waals surface area (Å²) in [5.41, 5.74) is 0.621. The second kappa shape index (κ2) is 10.4. The van der Waals surface area contributed by atoms with Crippen molar-refractivity contribution >= 4 is 38.2 Å². The number of halogens is 1. The predicted octanol–water partition coefficient (Wildman–Crippen LogP) is 4.08. The SMILES string of the molecule is COc1cc2cncc(C(NS(=O)(=O)CCl)C(=O)c3cccc(OC(C)C)c3)c2cc1OC. The molecule has 1 aromatic heterocycles. The third kappa shape index (κ3) is 5.73. The molecule has 0 bridgehead atoms. The number of nitrogens with zero attached hydrogens (tertiary/aromatic N) is 1. The van der Waals surface area contributed by atoms with E-state index in [1.165, 1.54) is 20.4 Å². The third-order valence-corrected chi connectivity index (χ3v) is 6.54. The summed E-state index contributed by atoms with van der Waals surface area (Å²) in [7, 11) is -0.969. The van der Waals surface area contributed by atoms with E-state index in [-0.39, 0.29) is 11.7 Å². The minimum Gasteiger partial charge on any atom is -0.493 e. The maximum absolute atomic E-state index is 13.6. The van der Waals surface area contributed by atoms with E-state index in [1.54, 1.807) is 42.6 Å². The van der Waals surface area contributed by atoms with Crippen LogP contribution < -0.4 is 18.9 Å². The molecular formula is C23H25ClN2O6S. The Hall–Kier alpha value is -2.88. The normalized spacial score (nSPS) is 12.5. The number of fused-ring (bicyclic) bond motifs is 1. The molecule has 3 rings (SSSR count). The lowest BCUT2D eigenvalue weighted by Gasteiger charge is -2.20. The van der Waals surface area contributed by atoms with Gasteiger partial charge in [0.2, 0.25) is 10.0 Å². The van der Waals surface area contributed by atoms with Crippen LogP contribution in [0.3, 0.4) is 0 Å². The molecule has 33 heavy (non-hydrogen) atoms. The lowest BCUT2D eigenvalue weighted by atomic mass is 9.95. The summed E-state index contributed by atoms with van der Waals surface area (Å²) >= 11 is 5.63. The largest absolute Gasteiger partial charge is 0.493 e. The van der Waals surface area contributed by atoms with Gasteiger partial charge in [0.05, 0.1) is 20.3 Å². The van der Waals surface area contributed by atoms with E-state index in [9.17, 15) is 13.2 Å². The van der Waals surface area contributed by atoms with Gasteiger partial charge in [-0.15, -0.1) is 11.6 Å². The molecule has 0 aliphatic rings. The Kier molecular flexibility index (Phi) is 7.78. The first-order valence-corrected chi connectivity index (χ1v) is 12.2. The molecule has 0 aliphatic heterocycles. The van der Waals surface area contributed by atoms with Gasteiger partial charge in [0, 0.05) is 28.9 Å². The number of methoxy groups -OCH3 is 2. The van der Waals surface area contributed by atoms with Crippen molar-refractivity contribution in [1.82, 2.24) is 9.71 Å². The second-order valence-electron chi connectivity index (χ2n) is 7.49. The lowest BCUT2D eigenvalue weighted by molar-refractivity contribution is 0.0953. The van der Waals surface area contributed by atoms with Crippen LogP contribution in [0.5, 0.6) is 17.2 Å². The first-order valence-electron chi connectivity index (χ1n) is 10.1. The van der Waals surface area contributed by atoms with Gasteiger partial charge in [-0.05, 0) is 43.5 Å². The zero-order chi connectivity index (χ0) is 24.2. The van der Waals surface area contributed by atoms with Crippen LogP contribution in [-0.4, -0.2) is 44.7 Å². The number of carbonyl (C=O) groups is 1. The molecule has 10 heteroatoms. The number of aromatic nitrogens is 1. The summed E-state index contributed by atoms with van der Waals surface area (Å²) in [5, 5.41) is 0.514. The van der Waals surface area contributed by atoms with Gasteiger partial charge >= 0.3 is 0 Å². The number of ketones is 1. The van der Waals surface area contributed by atoms with Gasteiger partial charge < -0.3 is 14.2 Å². The first-order chi connectivity index (χ1) is 15.7. The molecule has 0 radical (unpaired) electrons. The van der Waals surface area contributed by atoms with Gasteiger partial charge in [-0.3, -0.25) is 9.78 Å². The molecule has 0 spiro atoms. The van der Waals surface area contributed by atoms with Crippen LogP contribution in [0, 0.1) is 0 Å². The Bertz CT molecular complexity index is 1260. The summed E-state index contributed by atoms with van der Waals surface area (Å²) in [6.07, 6.45) is 2.95. The Morgan fingerprint density at radius 1 is 1.09 bits per heavy atom. The molecule has 1 unspecified atom stereocenters. The number of carbonyl (C=O) groups excluding carboxylic acids is 1. The van der Waals surface area contributed by atoms with Crippen LogP contribution in [0.1, 0.15) is 35.8 Å². The molecular weight excluding hydrogens is 468 g/mol. The van der Waals surface area contributed by atoms with Crippen molar-refractivity contribution in [1.29, 1.82) is 0 Å². The number of rotatable bonds is 10. The Labute approximate surface area is 197 Å². The fraction of sp³-hybridized carbons (Fsp3) is 0.304. The van der Waals surface area contributed by atoms with Gasteiger partial charge in [-0.1, -0.05) is 12.1 Å². The topological polar surface area (TPSA) is 104 Å². The number of pyridine rings is 1. The van der Waals surface area contributed by atoms with Crippen LogP contribution in [0.25, 0.3) is 10.8 Å². The molecule has 0 saturated heterocycles. The van der Waals surface area contributed by atoms with E-state index in [0.717, 1.165) is 0 Å². The molecule has 0 fully saturated rings. The van der Waals surface area contributed by atoms with E-state index in [0.29, 0.717) is 33.6 Å². The molecule has 0 amide bonds. The average Bonchev–Trinajstić information content (AvgIpc) is 2.80. The smallest absolute Gasteiger partial charge is 0.226 e. The molecule has 0 aliphatic carbocycles. The van der Waals surface area contributed by atoms with Crippen molar-refractivity contribution in [3.05, 3.63) is 59.9 Å². The fourth-order valence-corrected chi connectivity index (χ4v) is 4.22. The van der Waals surface area contributed by atoms with E-state index in [1.807, 2.05) is 13.8 Å². The van der Waals surface area contributed by atoms with E-state index >= 15 is 0 Å². The predicted molar refractivity (Wildman–Crippen MR) is 127 cm³/mol. The molecule has 3 aromatic rings. The lowest BCUT2D eigenvalue weighted by Crippen LogP contribution is -2.34. The minimum absolute atomic E-state index is 0.0920. The number of alkyl halides is 1. The standard InChI is InChI=1S/C23H25ClN2O6S/c1-14(2)32-17-7-5-6-15(8-17)23(27)22(26-33(28,29)13-24)19-12-25-11-16-9-20(30-3)21(31-4)10-18(16)19/h5-12,14,22,26H,13H2,1-4H3. The average molecular weight is 493 g/mol. The number of sulfonamides is 1. The van der Waals surface area contributed by atoms with E-state index in [2.05, 4.69) is 9.71 Å². The van der Waals surface area contributed by atoms with Gasteiger partial charge in [-0.25, -0.2) is 8.42 Å². The van der Waals surface area contributed by atoms with Crippen LogP contribution in [0.15, 0.2) is 48.8 Å². The zero-order valence-corrected chi connectivity index (χ0v) is 20.2. The number of hydrogen-bond acceptors (Lipinski definition) is 7. The summed E-state index contributed by atoms with van der Waals surface area (Å²) in [6, 6.07) is 8.68. The van der Waals surface area contributed by atoms with Crippen LogP contribution in [-0.2, 0) is 10.0 Å². The molecule has 0 saturated carbocycles. The van der Waals surface area contributed by atoms with Crippen molar-refractivity contribution in [3.63, 3.8) is 0 Å². The molecule has 8 nitrogen and oxygen atoms in total. The highest BCUT2D eigenvalue weighted by Gasteiger charge is 2.29. The second-order valence-corrected chi connectivity index (χ2v) is 9.83. The highest BCUT2D eigenvalue weighted by molar-refractivity contribution is 7.90. The van der Waals surface area contributed by atoms with Crippen LogP contribution in [0.4, 0.5) is 0 Å². The number of benzene rings is 2. The van der Waals surface area contributed by atoms with Crippen molar-refractivity contribution < 1.29 is 27.4 Å². The highest BCUT2D eigenvalue weighted by Crippen LogP contribution is 2.36. The molecule has 1 atom stereocenters. The minimum atomic E-state index is -3.97. The van der Waals surface area contributed by atoms with Crippen molar-refractivity contribution in [2.24, 2.45) is 0 Å². The van der Waals surface area contributed by atoms with Crippen molar-refractivity contribution in [2.75, 3.05) is 19.4 Å². The molecule has 1 N–H and O–H groups in total. The Balaban J connectivity index is 2.18. The van der Waals surface area contributed by atoms with E-state index < -0.39 is 27.1 Å². The van der Waals surface area contributed by atoms with Crippen molar-refractivity contribution in [3.8, 4) is 17.2 Å². The molecule has 176 valence electrons. The molecule has 1 heterocycles. The third-order valence-electron chi connectivity index (χ3n) is 4.80. The van der Waals surface area contributed by atoms with Crippen molar-refractivity contribution in [2.45, 2.75) is 26.0 Å². The Morgan fingerprint density at radius 3 is 2.42 bits per heavy atom. The maximum Gasteiger partial charge on any atom is 0.226 e. The fourth-order valence-electron chi connectivity index (χ4n) is 3.38. The van der Waals surface area contributed by atoms with Crippen LogP contribution in [0.2, 0.25) is 0 Å². The number of Topliss-reactive ketones (excluding diaryl/α,β-unsaturated/α-hetero) is 1. The maximum atomic E-state index is 13.6. The zero-order valence-electron chi connectivity index (χ0n) is 18.7. The highest BCUT2D eigenvalue weighted by atomic mass is 35.5. The summed E-state index contributed by atoms with van der Waals surface area (Å²) in [6.45, 7) is 3.74.